The normalized spacial score (nSPS) is 20.1. The van der Waals surface area contributed by atoms with E-state index in [4.69, 9.17) is 0 Å². The SMILES string of the molecule is O=C1C[C@@H](c2cccs2)CC2=C1[C@H](c1ccnc3ccccc13)c1c([nH]c(=O)[nH]c1=O)N2. The molecule has 0 radical (unpaired) electrons. The van der Waals surface area contributed by atoms with E-state index < -0.39 is 17.2 Å². The molecular weight excluding hydrogens is 424 g/mol. The lowest BCUT2D eigenvalue weighted by molar-refractivity contribution is -0.116. The Morgan fingerprint density at radius 2 is 1.84 bits per heavy atom. The number of allylic oxidation sites excluding steroid dienone is 2. The molecule has 4 aromatic rings. The fraction of sp³-hybridized carbons (Fsp3) is 0.167. The molecule has 0 saturated carbocycles. The maximum Gasteiger partial charge on any atom is 0.327 e. The number of H-pyrrole nitrogens is 2. The van der Waals surface area contributed by atoms with Gasteiger partial charge in [-0.1, -0.05) is 24.3 Å². The highest BCUT2D eigenvalue weighted by molar-refractivity contribution is 7.10. The zero-order valence-electron chi connectivity index (χ0n) is 16.8. The Morgan fingerprint density at radius 1 is 0.969 bits per heavy atom. The van der Waals surface area contributed by atoms with Gasteiger partial charge in [0.15, 0.2) is 5.78 Å². The van der Waals surface area contributed by atoms with Crippen molar-refractivity contribution in [2.24, 2.45) is 0 Å². The smallest absolute Gasteiger partial charge is 0.327 e. The summed E-state index contributed by atoms with van der Waals surface area (Å²) in [5, 5.41) is 6.11. The van der Waals surface area contributed by atoms with E-state index in [2.05, 4.69) is 20.3 Å². The summed E-state index contributed by atoms with van der Waals surface area (Å²) in [6.45, 7) is 0. The molecule has 6 rings (SSSR count). The quantitative estimate of drug-likeness (QED) is 0.439. The molecule has 8 heteroatoms. The number of thiophene rings is 1. The van der Waals surface area contributed by atoms with Crippen molar-refractivity contribution >= 4 is 33.8 Å². The third-order valence-electron chi connectivity index (χ3n) is 6.28. The first-order valence-corrected chi connectivity index (χ1v) is 11.2. The van der Waals surface area contributed by atoms with Crippen molar-refractivity contribution in [1.82, 2.24) is 15.0 Å². The lowest BCUT2D eigenvalue weighted by atomic mass is 9.73. The van der Waals surface area contributed by atoms with Gasteiger partial charge < -0.3 is 5.32 Å². The number of hydrogen-bond donors (Lipinski definition) is 3. The summed E-state index contributed by atoms with van der Waals surface area (Å²) in [4.78, 5) is 49.2. The molecule has 1 aliphatic heterocycles. The van der Waals surface area contributed by atoms with Crippen molar-refractivity contribution in [1.29, 1.82) is 0 Å². The average Bonchev–Trinajstić information content (AvgIpc) is 3.32. The van der Waals surface area contributed by atoms with Gasteiger partial charge in [0.2, 0.25) is 0 Å². The van der Waals surface area contributed by atoms with Gasteiger partial charge in [-0.25, -0.2) is 4.79 Å². The lowest BCUT2D eigenvalue weighted by Crippen LogP contribution is -2.37. The number of hydrogen-bond acceptors (Lipinski definition) is 6. The molecule has 1 aliphatic carbocycles. The number of para-hydroxylation sites is 1. The van der Waals surface area contributed by atoms with Crippen LogP contribution in [0.15, 0.2) is 74.9 Å². The highest BCUT2D eigenvalue weighted by Gasteiger charge is 2.40. The summed E-state index contributed by atoms with van der Waals surface area (Å²) in [7, 11) is 0. The Kier molecular flexibility index (Phi) is 4.22. The molecule has 1 aromatic carbocycles. The number of carbonyl (C=O) groups is 1. The first-order valence-electron chi connectivity index (χ1n) is 10.4. The van der Waals surface area contributed by atoms with Crippen LogP contribution < -0.4 is 16.6 Å². The maximum absolute atomic E-state index is 13.5. The number of carbonyl (C=O) groups excluding carboxylic acids is 1. The van der Waals surface area contributed by atoms with Gasteiger partial charge in [-0.05, 0) is 35.6 Å². The van der Waals surface area contributed by atoms with Crippen molar-refractivity contribution in [2.45, 2.75) is 24.7 Å². The first-order chi connectivity index (χ1) is 15.6. The number of anilines is 1. The molecule has 7 nitrogen and oxygen atoms in total. The molecular formula is C24H18N4O3S. The molecule has 0 spiro atoms. The largest absolute Gasteiger partial charge is 0.344 e. The number of aromatic nitrogens is 3. The van der Waals surface area contributed by atoms with Crippen LogP contribution in [-0.4, -0.2) is 20.7 Å². The van der Waals surface area contributed by atoms with E-state index in [1.54, 1.807) is 17.5 Å². The molecule has 158 valence electrons. The van der Waals surface area contributed by atoms with Gasteiger partial charge in [-0.2, -0.15) is 0 Å². The minimum atomic E-state index is -0.591. The van der Waals surface area contributed by atoms with Crippen LogP contribution >= 0.6 is 11.3 Å². The van der Waals surface area contributed by atoms with Gasteiger partial charge >= 0.3 is 5.69 Å². The topological polar surface area (TPSA) is 108 Å². The standard InChI is InChI=1S/C24H18N4O3S/c29-17-11-12(18-6-3-9-32-18)10-16-20(17)19(21-22(26-16)27-24(31)28-23(21)30)14-7-8-25-15-5-2-1-4-13(14)15/h1-9,12,19H,10-11H2,(H3,26,27,28,30,31)/t12-,19-/m0/s1. The Hall–Kier alpha value is -3.78. The van der Waals surface area contributed by atoms with Crippen LogP contribution in [0.4, 0.5) is 5.82 Å². The second-order valence-electron chi connectivity index (χ2n) is 8.11. The fourth-order valence-corrected chi connectivity index (χ4v) is 5.79. The number of pyridine rings is 1. The van der Waals surface area contributed by atoms with Gasteiger partial charge in [0.25, 0.3) is 5.56 Å². The van der Waals surface area contributed by atoms with Crippen molar-refractivity contribution in [3.05, 3.63) is 102 Å². The molecule has 0 saturated heterocycles. The molecule has 2 atom stereocenters. The zero-order valence-corrected chi connectivity index (χ0v) is 17.7. The molecule has 3 N–H and O–H groups in total. The molecule has 3 aromatic heterocycles. The summed E-state index contributed by atoms with van der Waals surface area (Å²) in [5.74, 6) is -0.160. The number of ketones is 1. The molecule has 0 fully saturated rings. The number of rotatable bonds is 2. The summed E-state index contributed by atoms with van der Waals surface area (Å²) >= 11 is 1.64. The van der Waals surface area contributed by atoms with Crippen molar-refractivity contribution in [3.63, 3.8) is 0 Å². The number of nitrogens with one attached hydrogen (secondary N) is 3. The van der Waals surface area contributed by atoms with Crippen molar-refractivity contribution in [2.75, 3.05) is 5.32 Å². The third kappa shape index (κ3) is 2.87. The maximum atomic E-state index is 13.5. The highest BCUT2D eigenvalue weighted by Crippen LogP contribution is 2.47. The molecule has 2 aliphatic rings. The summed E-state index contributed by atoms with van der Waals surface area (Å²) in [5.41, 5.74) is 2.24. The van der Waals surface area contributed by atoms with Crippen LogP contribution in [0.5, 0.6) is 0 Å². The van der Waals surface area contributed by atoms with Crippen LogP contribution in [-0.2, 0) is 4.79 Å². The van der Waals surface area contributed by atoms with Crippen LogP contribution in [0.1, 0.15) is 40.7 Å². The average molecular weight is 443 g/mol. The van der Waals surface area contributed by atoms with Crippen LogP contribution in [0, 0.1) is 0 Å². The van der Waals surface area contributed by atoms with Gasteiger partial charge in [-0.15, -0.1) is 11.3 Å². The van der Waals surface area contributed by atoms with E-state index in [0.717, 1.165) is 27.0 Å². The third-order valence-corrected chi connectivity index (χ3v) is 7.31. The van der Waals surface area contributed by atoms with Gasteiger partial charge in [0, 0.05) is 46.0 Å². The van der Waals surface area contributed by atoms with Gasteiger partial charge in [-0.3, -0.25) is 24.5 Å². The molecule has 0 amide bonds. The highest BCUT2D eigenvalue weighted by atomic mass is 32.1. The van der Waals surface area contributed by atoms with E-state index in [1.165, 1.54) is 0 Å². The predicted octanol–water partition coefficient (Wildman–Crippen LogP) is 3.63. The van der Waals surface area contributed by atoms with Gasteiger partial charge in [0.05, 0.1) is 11.1 Å². The monoisotopic (exact) mass is 442 g/mol. The van der Waals surface area contributed by atoms with E-state index in [9.17, 15) is 14.4 Å². The number of Topliss-reactive ketones (excluding diaryl/α,β-unsaturated/α-hetero) is 1. The second-order valence-corrected chi connectivity index (χ2v) is 9.09. The predicted molar refractivity (Wildman–Crippen MR) is 123 cm³/mol. The minimum Gasteiger partial charge on any atom is -0.344 e. The first kappa shape index (κ1) is 18.9. The molecule has 0 unspecified atom stereocenters. The molecule has 0 bridgehead atoms. The number of benzene rings is 1. The second kappa shape index (κ2) is 7.13. The number of nitrogens with zero attached hydrogens (tertiary/aromatic N) is 1. The van der Waals surface area contributed by atoms with Crippen LogP contribution in [0.2, 0.25) is 0 Å². The molecule has 32 heavy (non-hydrogen) atoms. The summed E-state index contributed by atoms with van der Waals surface area (Å²) in [6, 6.07) is 13.6. The minimum absolute atomic E-state index is 0.0132. The Morgan fingerprint density at radius 3 is 2.69 bits per heavy atom. The number of fused-ring (bicyclic) bond motifs is 2. The Bertz CT molecular complexity index is 1530. The summed E-state index contributed by atoms with van der Waals surface area (Å²) < 4.78 is 0. The van der Waals surface area contributed by atoms with Crippen LogP contribution in [0.25, 0.3) is 10.9 Å². The summed E-state index contributed by atoms with van der Waals surface area (Å²) in [6.07, 6.45) is 2.72. The number of aromatic amines is 2. The lowest BCUT2D eigenvalue weighted by Gasteiger charge is -2.35. The van der Waals surface area contributed by atoms with E-state index in [-0.39, 0.29) is 11.7 Å². The fourth-order valence-electron chi connectivity index (χ4n) is 4.95. The Labute approximate surface area is 185 Å². The van der Waals surface area contributed by atoms with Gasteiger partial charge in [0.1, 0.15) is 5.82 Å². The van der Waals surface area contributed by atoms with E-state index in [1.807, 2.05) is 47.8 Å². The zero-order chi connectivity index (χ0) is 21.8. The Balaban J connectivity index is 1.62. The van der Waals surface area contributed by atoms with E-state index in [0.29, 0.717) is 29.8 Å². The van der Waals surface area contributed by atoms with Crippen LogP contribution in [0.3, 0.4) is 0 Å². The van der Waals surface area contributed by atoms with Crippen molar-refractivity contribution in [3.8, 4) is 0 Å². The van der Waals surface area contributed by atoms with Crippen molar-refractivity contribution < 1.29 is 4.79 Å². The van der Waals surface area contributed by atoms with E-state index >= 15 is 0 Å². The molecule has 4 heterocycles.